The van der Waals surface area contributed by atoms with Gasteiger partial charge in [-0.05, 0) is 46.1 Å². The van der Waals surface area contributed by atoms with Gasteiger partial charge in [0.2, 0.25) is 0 Å². The topological polar surface area (TPSA) is 55.5 Å². The van der Waals surface area contributed by atoms with Crippen molar-refractivity contribution in [2.24, 2.45) is 5.73 Å². The smallest absolute Gasteiger partial charge is 0.145 e. The Bertz CT molecular complexity index is 512. The van der Waals surface area contributed by atoms with Crippen molar-refractivity contribution in [3.63, 3.8) is 0 Å². The zero-order valence-corrected chi connectivity index (χ0v) is 12.8. The van der Waals surface area contributed by atoms with E-state index in [-0.39, 0.29) is 12.7 Å². The molecule has 0 aliphatic carbocycles. The average Bonchev–Trinajstić information content (AvgIpc) is 2.85. The highest BCUT2D eigenvalue weighted by Gasteiger charge is 2.13. The second-order valence-corrected chi connectivity index (χ2v) is 5.99. The van der Waals surface area contributed by atoms with Gasteiger partial charge in [0.15, 0.2) is 0 Å². The quantitative estimate of drug-likeness (QED) is 0.848. The van der Waals surface area contributed by atoms with E-state index in [0.29, 0.717) is 13.0 Å². The second kappa shape index (κ2) is 7.05. The minimum absolute atomic E-state index is 0.125. The highest BCUT2D eigenvalue weighted by Crippen LogP contribution is 2.28. The van der Waals surface area contributed by atoms with E-state index in [0.717, 1.165) is 20.7 Å². The summed E-state index contributed by atoms with van der Waals surface area (Å²) in [5, 5.41) is 10.9. The van der Waals surface area contributed by atoms with Crippen molar-refractivity contribution in [1.82, 2.24) is 0 Å². The van der Waals surface area contributed by atoms with Crippen molar-refractivity contribution < 1.29 is 9.84 Å². The lowest BCUT2D eigenvalue weighted by atomic mass is 10.1. The summed E-state index contributed by atoms with van der Waals surface area (Å²) in [6, 6.07) is 9.78. The molecule has 0 aliphatic rings. The van der Waals surface area contributed by atoms with Crippen molar-refractivity contribution in [3.05, 3.63) is 50.6 Å². The van der Waals surface area contributed by atoms with Gasteiger partial charge < -0.3 is 15.6 Å². The molecule has 102 valence electrons. The number of aliphatic hydroxyl groups is 1. The van der Waals surface area contributed by atoms with Crippen LogP contribution in [0, 0.1) is 0 Å². The van der Waals surface area contributed by atoms with Crippen molar-refractivity contribution in [3.8, 4) is 5.75 Å². The summed E-state index contributed by atoms with van der Waals surface area (Å²) in [6.07, 6.45) is 0.540. The highest BCUT2D eigenvalue weighted by molar-refractivity contribution is 9.10. The Hall–Kier alpha value is -0.880. The molecule has 2 rings (SSSR count). The molecule has 0 amide bonds. The minimum Gasteiger partial charge on any atom is -0.484 e. The molecule has 0 saturated heterocycles. The summed E-state index contributed by atoms with van der Waals surface area (Å²) in [4.78, 5) is 1.11. The third kappa shape index (κ3) is 4.04. The van der Waals surface area contributed by atoms with E-state index in [1.54, 1.807) is 11.3 Å². The van der Waals surface area contributed by atoms with Gasteiger partial charge in [-0.25, -0.2) is 0 Å². The summed E-state index contributed by atoms with van der Waals surface area (Å²) in [7, 11) is 0. The lowest BCUT2D eigenvalue weighted by Gasteiger charge is -2.16. The second-order valence-electron chi connectivity index (χ2n) is 4.13. The van der Waals surface area contributed by atoms with E-state index in [1.165, 1.54) is 0 Å². The Morgan fingerprint density at radius 3 is 2.58 bits per heavy atom. The molecule has 3 N–H and O–H groups in total. The van der Waals surface area contributed by atoms with E-state index in [2.05, 4.69) is 15.9 Å². The molecule has 0 fully saturated rings. The van der Waals surface area contributed by atoms with E-state index < -0.39 is 0 Å². The van der Waals surface area contributed by atoms with Crippen LogP contribution in [0.25, 0.3) is 0 Å². The van der Waals surface area contributed by atoms with E-state index in [1.807, 2.05) is 35.7 Å². The monoisotopic (exact) mass is 341 g/mol. The third-order valence-electron chi connectivity index (χ3n) is 2.72. The molecule has 0 aliphatic heterocycles. The summed E-state index contributed by atoms with van der Waals surface area (Å²) in [5.41, 5.74) is 6.87. The molecule has 1 heterocycles. The Morgan fingerprint density at radius 2 is 2.05 bits per heavy atom. The van der Waals surface area contributed by atoms with Crippen molar-refractivity contribution in [2.75, 3.05) is 13.2 Å². The maximum Gasteiger partial charge on any atom is 0.145 e. The minimum atomic E-state index is -0.125. The van der Waals surface area contributed by atoms with E-state index in [9.17, 15) is 0 Å². The van der Waals surface area contributed by atoms with Crippen molar-refractivity contribution in [2.45, 2.75) is 12.5 Å². The molecule has 0 spiro atoms. The van der Waals surface area contributed by atoms with Crippen LogP contribution in [0.1, 0.15) is 16.5 Å². The SMILES string of the molecule is NCC(Oc1ccc(CCO)cc1)c1cc(Br)cs1. The van der Waals surface area contributed by atoms with Crippen LogP contribution >= 0.6 is 27.3 Å². The lowest BCUT2D eigenvalue weighted by molar-refractivity contribution is 0.218. The van der Waals surface area contributed by atoms with Gasteiger partial charge in [-0.3, -0.25) is 0 Å². The molecule has 0 bridgehead atoms. The number of benzene rings is 1. The molecule has 3 nitrogen and oxygen atoms in total. The molecule has 0 saturated carbocycles. The van der Waals surface area contributed by atoms with Gasteiger partial charge in [0.05, 0.1) is 0 Å². The van der Waals surface area contributed by atoms with E-state index in [4.69, 9.17) is 15.6 Å². The standard InChI is InChI=1S/C14H16BrNO2S/c15-11-7-14(19-9-11)13(8-16)18-12-3-1-10(2-4-12)5-6-17/h1-4,7,9,13,17H,5-6,8,16H2. The molecule has 1 aromatic carbocycles. The molecule has 2 aromatic rings. The highest BCUT2D eigenvalue weighted by atomic mass is 79.9. The van der Waals surface area contributed by atoms with Gasteiger partial charge in [0.1, 0.15) is 11.9 Å². The van der Waals surface area contributed by atoms with Crippen LogP contribution in [0.3, 0.4) is 0 Å². The summed E-state index contributed by atoms with van der Waals surface area (Å²) in [6.45, 7) is 0.597. The zero-order valence-electron chi connectivity index (χ0n) is 10.4. The first-order valence-electron chi connectivity index (χ1n) is 6.03. The molecule has 5 heteroatoms. The molecule has 19 heavy (non-hydrogen) atoms. The van der Waals surface area contributed by atoms with Crippen LogP contribution in [0.4, 0.5) is 0 Å². The van der Waals surface area contributed by atoms with E-state index >= 15 is 0 Å². The van der Waals surface area contributed by atoms with Gasteiger partial charge in [-0.1, -0.05) is 12.1 Å². The van der Waals surface area contributed by atoms with Gasteiger partial charge in [-0.15, -0.1) is 11.3 Å². The van der Waals surface area contributed by atoms with Crippen molar-refractivity contribution >= 4 is 27.3 Å². The maximum atomic E-state index is 8.87. The fourth-order valence-electron chi connectivity index (χ4n) is 1.75. The fraction of sp³-hybridized carbons (Fsp3) is 0.286. The maximum absolute atomic E-state index is 8.87. The summed E-state index contributed by atoms with van der Waals surface area (Å²) < 4.78 is 6.95. The van der Waals surface area contributed by atoms with Gasteiger partial charge in [0.25, 0.3) is 0 Å². The van der Waals surface area contributed by atoms with Crippen LogP contribution in [-0.2, 0) is 6.42 Å². The predicted molar refractivity (Wildman–Crippen MR) is 81.7 cm³/mol. The zero-order chi connectivity index (χ0) is 13.7. The lowest BCUT2D eigenvalue weighted by Crippen LogP contribution is -2.17. The fourth-order valence-corrected chi connectivity index (χ4v) is 3.23. The number of hydrogen-bond donors (Lipinski definition) is 2. The summed E-state index contributed by atoms with van der Waals surface area (Å²) >= 11 is 5.06. The number of ether oxygens (including phenoxy) is 1. The molecular formula is C14H16BrNO2S. The number of rotatable bonds is 6. The average molecular weight is 342 g/mol. The number of thiophene rings is 1. The molecule has 1 unspecified atom stereocenters. The Labute approximate surface area is 125 Å². The van der Waals surface area contributed by atoms with Crippen LogP contribution in [0.15, 0.2) is 40.2 Å². The Morgan fingerprint density at radius 1 is 1.32 bits per heavy atom. The van der Waals surface area contributed by atoms with Crippen molar-refractivity contribution in [1.29, 1.82) is 0 Å². The van der Waals surface area contributed by atoms with Crippen LogP contribution in [-0.4, -0.2) is 18.3 Å². The predicted octanol–water partition coefficient (Wildman–Crippen LogP) is 3.12. The van der Waals surface area contributed by atoms with Crippen LogP contribution in [0.5, 0.6) is 5.75 Å². The number of halogens is 1. The molecule has 0 radical (unpaired) electrons. The summed E-state index contributed by atoms with van der Waals surface area (Å²) in [5.74, 6) is 0.793. The van der Waals surface area contributed by atoms with Crippen LogP contribution in [0.2, 0.25) is 0 Å². The molecule has 1 aromatic heterocycles. The third-order valence-corrected chi connectivity index (χ3v) is 4.51. The first-order chi connectivity index (χ1) is 9.22. The largest absolute Gasteiger partial charge is 0.484 e. The normalized spacial score (nSPS) is 12.4. The molecule has 1 atom stereocenters. The van der Waals surface area contributed by atoms with Gasteiger partial charge in [-0.2, -0.15) is 0 Å². The van der Waals surface area contributed by atoms with Gasteiger partial charge >= 0.3 is 0 Å². The number of hydrogen-bond acceptors (Lipinski definition) is 4. The first kappa shape index (κ1) is 14.5. The number of aliphatic hydroxyl groups excluding tert-OH is 1. The number of nitrogens with two attached hydrogens (primary N) is 1. The molecular weight excluding hydrogens is 326 g/mol. The van der Waals surface area contributed by atoms with Gasteiger partial charge in [0, 0.05) is 27.9 Å². The van der Waals surface area contributed by atoms with Crippen LogP contribution < -0.4 is 10.5 Å². The first-order valence-corrected chi connectivity index (χ1v) is 7.70. The Kier molecular flexibility index (Phi) is 5.39. The Balaban J connectivity index is 2.05.